The fourth-order valence-electron chi connectivity index (χ4n) is 3.08. The summed E-state index contributed by atoms with van der Waals surface area (Å²) in [6.07, 6.45) is 1.60. The molecular formula is C17H13F4N5O. The SMILES string of the molecule is Fc1cccc(F)c1C1(Nc2ncc(-c3nnc(C(F)F)o3)cn2)CCC1. The number of alkyl halides is 2. The molecular weight excluding hydrogens is 366 g/mol. The number of aromatic nitrogens is 4. The molecule has 0 unspecified atom stereocenters. The summed E-state index contributed by atoms with van der Waals surface area (Å²) in [6, 6.07) is 3.73. The van der Waals surface area contributed by atoms with Crippen LogP contribution < -0.4 is 5.32 Å². The van der Waals surface area contributed by atoms with Crippen molar-refractivity contribution in [2.75, 3.05) is 5.32 Å². The van der Waals surface area contributed by atoms with Crippen LogP contribution in [0.3, 0.4) is 0 Å². The molecule has 0 aliphatic heterocycles. The molecule has 2 aromatic heterocycles. The second kappa shape index (κ2) is 6.60. The Labute approximate surface area is 150 Å². The fraction of sp³-hybridized carbons (Fsp3) is 0.294. The average molecular weight is 379 g/mol. The normalized spacial score (nSPS) is 15.6. The first kappa shape index (κ1) is 17.4. The predicted molar refractivity (Wildman–Crippen MR) is 85.8 cm³/mol. The molecule has 1 aliphatic carbocycles. The van der Waals surface area contributed by atoms with E-state index in [0.717, 1.165) is 6.42 Å². The standard InChI is InChI=1S/C17H13F4N5O/c18-10-3-1-4-11(19)12(10)17(5-2-6-17)24-16-22-7-9(8-23-16)14-25-26-15(27-14)13(20)21/h1,3-4,7-8,13H,2,5-6H2,(H,22,23,24). The third-order valence-electron chi connectivity index (χ3n) is 4.53. The molecule has 0 spiro atoms. The number of benzene rings is 1. The van der Waals surface area contributed by atoms with Crippen molar-refractivity contribution in [3.63, 3.8) is 0 Å². The van der Waals surface area contributed by atoms with Crippen LogP contribution in [-0.4, -0.2) is 20.2 Å². The Bertz CT molecular complexity index is 936. The maximum Gasteiger partial charge on any atom is 0.314 e. The monoisotopic (exact) mass is 379 g/mol. The van der Waals surface area contributed by atoms with E-state index in [0.29, 0.717) is 12.8 Å². The van der Waals surface area contributed by atoms with Crippen molar-refractivity contribution in [3.05, 3.63) is 53.7 Å². The van der Waals surface area contributed by atoms with E-state index >= 15 is 0 Å². The molecule has 1 saturated carbocycles. The molecule has 0 amide bonds. The van der Waals surface area contributed by atoms with Crippen molar-refractivity contribution >= 4 is 5.95 Å². The molecule has 140 valence electrons. The highest BCUT2D eigenvalue weighted by Crippen LogP contribution is 2.45. The Morgan fingerprint density at radius 2 is 1.70 bits per heavy atom. The fourth-order valence-corrected chi connectivity index (χ4v) is 3.08. The van der Waals surface area contributed by atoms with Gasteiger partial charge in [-0.1, -0.05) is 6.07 Å². The van der Waals surface area contributed by atoms with E-state index in [-0.39, 0.29) is 23.0 Å². The molecule has 3 aromatic rings. The minimum absolute atomic E-state index is 0.0394. The average Bonchev–Trinajstić information content (AvgIpc) is 3.10. The highest BCUT2D eigenvalue weighted by Gasteiger charge is 2.43. The lowest BCUT2D eigenvalue weighted by Crippen LogP contribution is -2.44. The highest BCUT2D eigenvalue weighted by atomic mass is 19.3. The van der Waals surface area contributed by atoms with Gasteiger partial charge in [0.25, 0.3) is 11.8 Å². The number of anilines is 1. The van der Waals surface area contributed by atoms with Gasteiger partial charge in [-0.05, 0) is 31.4 Å². The highest BCUT2D eigenvalue weighted by molar-refractivity contribution is 5.51. The topological polar surface area (TPSA) is 76.7 Å². The van der Waals surface area contributed by atoms with E-state index in [1.165, 1.54) is 30.6 Å². The van der Waals surface area contributed by atoms with Crippen LogP contribution in [0.5, 0.6) is 0 Å². The summed E-state index contributed by atoms with van der Waals surface area (Å²) in [6.45, 7) is 0. The zero-order chi connectivity index (χ0) is 19.0. The Hall–Kier alpha value is -3.04. The van der Waals surface area contributed by atoms with Crippen LogP contribution in [0.15, 0.2) is 35.0 Å². The summed E-state index contributed by atoms with van der Waals surface area (Å²) in [5.41, 5.74) is -0.716. The molecule has 6 nitrogen and oxygen atoms in total. The molecule has 27 heavy (non-hydrogen) atoms. The molecule has 1 aromatic carbocycles. The third-order valence-corrected chi connectivity index (χ3v) is 4.53. The number of nitrogens with zero attached hydrogens (tertiary/aromatic N) is 4. The Morgan fingerprint density at radius 3 is 2.22 bits per heavy atom. The van der Waals surface area contributed by atoms with Crippen LogP contribution in [0, 0.1) is 11.6 Å². The Balaban J connectivity index is 1.59. The van der Waals surface area contributed by atoms with E-state index in [2.05, 4.69) is 25.5 Å². The second-order valence-electron chi connectivity index (χ2n) is 6.20. The van der Waals surface area contributed by atoms with Gasteiger partial charge in [0, 0.05) is 18.0 Å². The summed E-state index contributed by atoms with van der Waals surface area (Å²) >= 11 is 0. The first-order valence-corrected chi connectivity index (χ1v) is 8.15. The predicted octanol–water partition coefficient (Wildman–Crippen LogP) is 4.23. The van der Waals surface area contributed by atoms with Crippen LogP contribution in [-0.2, 0) is 5.54 Å². The third kappa shape index (κ3) is 3.11. The van der Waals surface area contributed by atoms with E-state index in [1.807, 2.05) is 0 Å². The number of hydrogen-bond acceptors (Lipinski definition) is 6. The van der Waals surface area contributed by atoms with Gasteiger partial charge in [0.1, 0.15) is 11.6 Å². The summed E-state index contributed by atoms with van der Waals surface area (Å²) < 4.78 is 58.3. The molecule has 0 saturated heterocycles. The van der Waals surface area contributed by atoms with Crippen LogP contribution in [0.4, 0.5) is 23.5 Å². The first-order valence-electron chi connectivity index (χ1n) is 8.15. The molecule has 10 heteroatoms. The van der Waals surface area contributed by atoms with Crippen molar-refractivity contribution in [2.45, 2.75) is 31.2 Å². The van der Waals surface area contributed by atoms with Crippen molar-refractivity contribution in [1.29, 1.82) is 0 Å². The van der Waals surface area contributed by atoms with E-state index in [4.69, 9.17) is 4.42 Å². The van der Waals surface area contributed by atoms with E-state index in [1.54, 1.807) is 0 Å². The number of nitrogens with one attached hydrogen (secondary N) is 1. The van der Waals surface area contributed by atoms with Gasteiger partial charge in [0.05, 0.1) is 11.1 Å². The first-order chi connectivity index (χ1) is 13.0. The molecule has 1 fully saturated rings. The van der Waals surface area contributed by atoms with Gasteiger partial charge in [-0.3, -0.25) is 0 Å². The van der Waals surface area contributed by atoms with Crippen molar-refractivity contribution in [2.24, 2.45) is 0 Å². The zero-order valence-corrected chi connectivity index (χ0v) is 13.8. The number of halogens is 4. The Morgan fingerprint density at radius 1 is 1.04 bits per heavy atom. The quantitative estimate of drug-likeness (QED) is 0.669. The molecule has 2 heterocycles. The van der Waals surface area contributed by atoms with Crippen LogP contribution >= 0.6 is 0 Å². The molecule has 1 aliphatic rings. The van der Waals surface area contributed by atoms with Crippen LogP contribution in [0.2, 0.25) is 0 Å². The van der Waals surface area contributed by atoms with Crippen LogP contribution in [0.1, 0.15) is 37.1 Å². The number of hydrogen-bond donors (Lipinski definition) is 1. The maximum atomic E-state index is 14.2. The lowest BCUT2D eigenvalue weighted by Gasteiger charge is -2.43. The lowest BCUT2D eigenvalue weighted by atomic mass is 9.71. The largest absolute Gasteiger partial charge is 0.415 e. The summed E-state index contributed by atoms with van der Waals surface area (Å²) in [5, 5.41) is 9.75. The summed E-state index contributed by atoms with van der Waals surface area (Å²) in [5.74, 6) is -2.06. The van der Waals surface area contributed by atoms with Crippen molar-refractivity contribution < 1.29 is 22.0 Å². The van der Waals surface area contributed by atoms with Crippen LogP contribution in [0.25, 0.3) is 11.5 Å². The van der Waals surface area contributed by atoms with Gasteiger partial charge < -0.3 is 9.73 Å². The zero-order valence-electron chi connectivity index (χ0n) is 13.8. The van der Waals surface area contributed by atoms with Gasteiger partial charge in [-0.2, -0.15) is 8.78 Å². The van der Waals surface area contributed by atoms with Crippen molar-refractivity contribution in [1.82, 2.24) is 20.2 Å². The van der Waals surface area contributed by atoms with Gasteiger partial charge >= 0.3 is 6.43 Å². The van der Waals surface area contributed by atoms with Crippen molar-refractivity contribution in [3.8, 4) is 11.5 Å². The minimum atomic E-state index is -2.87. The Kier molecular flexibility index (Phi) is 4.25. The molecule has 4 rings (SSSR count). The molecule has 0 radical (unpaired) electrons. The van der Waals surface area contributed by atoms with Gasteiger partial charge in [-0.25, -0.2) is 18.7 Å². The molecule has 0 bridgehead atoms. The molecule has 1 N–H and O–H groups in total. The minimum Gasteiger partial charge on any atom is -0.415 e. The molecule has 0 atom stereocenters. The van der Waals surface area contributed by atoms with E-state index in [9.17, 15) is 17.6 Å². The van der Waals surface area contributed by atoms with Gasteiger partial charge in [-0.15, -0.1) is 10.2 Å². The summed E-state index contributed by atoms with van der Waals surface area (Å²) in [4.78, 5) is 8.16. The second-order valence-corrected chi connectivity index (χ2v) is 6.20. The smallest absolute Gasteiger partial charge is 0.314 e. The maximum absolute atomic E-state index is 14.2. The van der Waals surface area contributed by atoms with Gasteiger partial charge in [0.15, 0.2) is 0 Å². The van der Waals surface area contributed by atoms with E-state index < -0.39 is 29.5 Å². The number of rotatable bonds is 5. The lowest BCUT2D eigenvalue weighted by molar-refractivity contribution is 0.116. The van der Waals surface area contributed by atoms with Gasteiger partial charge in [0.2, 0.25) is 5.95 Å². The summed E-state index contributed by atoms with van der Waals surface area (Å²) in [7, 11) is 0.